The molecule has 0 unspecified atom stereocenters. The van der Waals surface area contributed by atoms with Crippen LogP contribution in [-0.2, 0) is 0 Å². The predicted molar refractivity (Wildman–Crippen MR) is 102 cm³/mol. The number of benzene rings is 4. The van der Waals surface area contributed by atoms with Crippen molar-refractivity contribution in [3.8, 4) is 0 Å². The topological polar surface area (TPSA) is 79.1 Å². The highest BCUT2D eigenvalue weighted by Gasteiger charge is 2.28. The van der Waals surface area contributed by atoms with Crippen molar-refractivity contribution < 1.29 is 14.7 Å². The van der Waals surface area contributed by atoms with Crippen LogP contribution in [0.15, 0.2) is 77.0 Å². The Kier molecular flexibility index (Phi) is 3.18. The van der Waals surface area contributed by atoms with E-state index in [1.807, 2.05) is 42.5 Å². The van der Waals surface area contributed by atoms with E-state index < -0.39 is 5.97 Å². The minimum atomic E-state index is -1.13. The van der Waals surface area contributed by atoms with Gasteiger partial charge in [0.2, 0.25) is 0 Å². The Bertz CT molecular complexity index is 1320. The Balaban J connectivity index is 1.82. The number of nitrogens with zero attached hydrogens (tertiary/aromatic N) is 2. The number of azo groups is 1. The SMILES string of the molecule is O=C(O)c1c(C(=O)c2c3c(cc4ccccc24)N=N3)ccc2ccccc12. The highest BCUT2D eigenvalue weighted by Crippen LogP contribution is 2.45. The first kappa shape index (κ1) is 15.4. The third-order valence-corrected chi connectivity index (χ3v) is 4.87. The molecule has 0 radical (unpaired) electrons. The third-order valence-electron chi connectivity index (χ3n) is 4.87. The first-order valence-corrected chi connectivity index (χ1v) is 8.42. The summed E-state index contributed by atoms with van der Waals surface area (Å²) in [7, 11) is 0. The summed E-state index contributed by atoms with van der Waals surface area (Å²) in [6.07, 6.45) is 0. The van der Waals surface area contributed by atoms with E-state index in [0.29, 0.717) is 22.3 Å². The zero-order valence-electron chi connectivity index (χ0n) is 14.0. The molecule has 0 aromatic heterocycles. The summed E-state index contributed by atoms with van der Waals surface area (Å²) in [5.74, 6) is -1.49. The van der Waals surface area contributed by atoms with Gasteiger partial charge in [-0.25, -0.2) is 4.79 Å². The number of carboxylic acids is 1. The fraction of sp³-hybridized carbons (Fsp3) is 0. The number of hydrogen-bond acceptors (Lipinski definition) is 4. The van der Waals surface area contributed by atoms with Crippen molar-refractivity contribution in [2.75, 3.05) is 0 Å². The smallest absolute Gasteiger partial charge is 0.337 e. The molecule has 0 fully saturated rings. The van der Waals surface area contributed by atoms with Gasteiger partial charge >= 0.3 is 5.97 Å². The van der Waals surface area contributed by atoms with E-state index in [1.165, 1.54) is 0 Å². The van der Waals surface area contributed by atoms with Crippen LogP contribution in [0.3, 0.4) is 0 Å². The van der Waals surface area contributed by atoms with Gasteiger partial charge in [-0.2, -0.15) is 0 Å². The van der Waals surface area contributed by atoms with Crippen molar-refractivity contribution in [1.29, 1.82) is 0 Å². The van der Waals surface area contributed by atoms with Crippen molar-refractivity contribution in [2.24, 2.45) is 10.2 Å². The Hall–Kier alpha value is -3.86. The summed E-state index contributed by atoms with van der Waals surface area (Å²) in [4.78, 5) is 25.5. The van der Waals surface area contributed by atoms with Crippen LogP contribution in [-0.4, -0.2) is 16.9 Å². The quantitative estimate of drug-likeness (QED) is 0.426. The van der Waals surface area contributed by atoms with Gasteiger partial charge in [0.15, 0.2) is 5.78 Å². The molecule has 1 aliphatic rings. The summed E-state index contributed by atoms with van der Waals surface area (Å²) in [6.45, 7) is 0. The number of fused-ring (bicyclic) bond motifs is 3. The molecule has 5 heteroatoms. The van der Waals surface area contributed by atoms with Gasteiger partial charge in [0, 0.05) is 5.56 Å². The Morgan fingerprint density at radius 1 is 0.741 bits per heavy atom. The van der Waals surface area contributed by atoms with Crippen molar-refractivity contribution in [3.63, 3.8) is 0 Å². The molecular weight excluding hydrogens is 340 g/mol. The van der Waals surface area contributed by atoms with Crippen molar-refractivity contribution in [1.82, 2.24) is 0 Å². The highest BCUT2D eigenvalue weighted by molar-refractivity contribution is 6.25. The first-order chi connectivity index (χ1) is 13.1. The van der Waals surface area contributed by atoms with Crippen LogP contribution in [0.25, 0.3) is 21.5 Å². The molecule has 0 bridgehead atoms. The van der Waals surface area contributed by atoms with Crippen LogP contribution in [0.4, 0.5) is 11.4 Å². The number of aromatic carboxylic acids is 1. The van der Waals surface area contributed by atoms with Crippen LogP contribution < -0.4 is 0 Å². The van der Waals surface area contributed by atoms with Gasteiger partial charge < -0.3 is 5.11 Å². The molecule has 27 heavy (non-hydrogen) atoms. The molecule has 5 rings (SSSR count). The third kappa shape index (κ3) is 2.18. The molecule has 4 aromatic rings. The Morgan fingerprint density at radius 2 is 1.41 bits per heavy atom. The monoisotopic (exact) mass is 352 g/mol. The van der Waals surface area contributed by atoms with Gasteiger partial charge in [-0.15, -0.1) is 10.2 Å². The molecule has 0 saturated carbocycles. The van der Waals surface area contributed by atoms with E-state index >= 15 is 0 Å². The van der Waals surface area contributed by atoms with E-state index in [4.69, 9.17) is 0 Å². The molecule has 0 aliphatic carbocycles. The standard InChI is InChI=1S/C22H12N2O3/c25-21(16-10-9-12-5-1-3-7-14(12)18(16)22(26)27)19-15-8-4-2-6-13(15)11-17-20(19)24-23-17/h1-11H,(H,26,27). The van der Waals surface area contributed by atoms with Crippen molar-refractivity contribution in [3.05, 3.63) is 83.4 Å². The number of carbonyl (C=O) groups excluding carboxylic acids is 1. The predicted octanol–water partition coefficient (Wildman–Crippen LogP) is 5.65. The normalized spacial score (nSPS) is 12.0. The molecule has 5 nitrogen and oxygen atoms in total. The van der Waals surface area contributed by atoms with Crippen LogP contribution in [0.5, 0.6) is 0 Å². The molecule has 0 spiro atoms. The summed E-state index contributed by atoms with van der Waals surface area (Å²) >= 11 is 0. The van der Waals surface area contributed by atoms with E-state index in [2.05, 4.69) is 10.2 Å². The van der Waals surface area contributed by atoms with E-state index in [-0.39, 0.29) is 16.9 Å². The highest BCUT2D eigenvalue weighted by atomic mass is 16.4. The molecule has 1 heterocycles. The van der Waals surface area contributed by atoms with Crippen LogP contribution >= 0.6 is 0 Å². The van der Waals surface area contributed by atoms with Gasteiger partial charge in [-0.3, -0.25) is 4.79 Å². The van der Waals surface area contributed by atoms with Gasteiger partial charge in [0.05, 0.1) is 11.1 Å². The number of ketones is 1. The lowest BCUT2D eigenvalue weighted by molar-refractivity contribution is 0.0695. The van der Waals surface area contributed by atoms with Crippen molar-refractivity contribution in [2.45, 2.75) is 0 Å². The zero-order chi connectivity index (χ0) is 18.5. The first-order valence-electron chi connectivity index (χ1n) is 8.42. The fourth-order valence-corrected chi connectivity index (χ4v) is 3.61. The Labute approximate surface area is 153 Å². The minimum Gasteiger partial charge on any atom is -0.478 e. The molecule has 0 saturated heterocycles. The zero-order valence-corrected chi connectivity index (χ0v) is 14.0. The van der Waals surface area contributed by atoms with Crippen LogP contribution in [0, 0.1) is 0 Å². The summed E-state index contributed by atoms with van der Waals surface area (Å²) in [6, 6.07) is 19.9. The van der Waals surface area contributed by atoms with Gasteiger partial charge in [-0.05, 0) is 33.7 Å². The fourth-order valence-electron chi connectivity index (χ4n) is 3.61. The van der Waals surface area contributed by atoms with E-state index in [9.17, 15) is 14.7 Å². The molecule has 4 aromatic carbocycles. The second-order valence-corrected chi connectivity index (χ2v) is 6.38. The lowest BCUT2D eigenvalue weighted by Crippen LogP contribution is -2.11. The summed E-state index contributed by atoms with van der Waals surface area (Å²) < 4.78 is 0. The maximum absolute atomic E-state index is 13.5. The molecule has 0 amide bonds. The van der Waals surface area contributed by atoms with E-state index in [0.717, 1.165) is 16.2 Å². The molecular formula is C22H12N2O3. The average molecular weight is 352 g/mol. The Morgan fingerprint density at radius 3 is 2.07 bits per heavy atom. The number of hydrogen-bond donors (Lipinski definition) is 1. The largest absolute Gasteiger partial charge is 0.478 e. The molecule has 0 atom stereocenters. The van der Waals surface area contributed by atoms with Gasteiger partial charge in [0.1, 0.15) is 11.4 Å². The van der Waals surface area contributed by atoms with Crippen LogP contribution in [0.2, 0.25) is 0 Å². The summed E-state index contributed by atoms with van der Waals surface area (Å²) in [5, 5.41) is 20.7. The van der Waals surface area contributed by atoms with Crippen LogP contribution in [0.1, 0.15) is 26.3 Å². The number of carbonyl (C=O) groups is 2. The summed E-state index contributed by atoms with van der Waals surface area (Å²) in [5.41, 5.74) is 1.73. The molecule has 128 valence electrons. The minimum absolute atomic E-state index is 0.0102. The average Bonchev–Trinajstić information content (AvgIpc) is 2.67. The maximum Gasteiger partial charge on any atom is 0.337 e. The molecule has 1 aliphatic heterocycles. The maximum atomic E-state index is 13.5. The van der Waals surface area contributed by atoms with Crippen molar-refractivity contribution >= 4 is 44.7 Å². The lowest BCUT2D eigenvalue weighted by atomic mass is 9.89. The number of rotatable bonds is 3. The number of carboxylic acid groups (broad SMARTS) is 1. The second-order valence-electron chi connectivity index (χ2n) is 6.38. The second kappa shape index (κ2) is 5.57. The lowest BCUT2D eigenvalue weighted by Gasteiger charge is -2.17. The van der Waals surface area contributed by atoms with E-state index in [1.54, 1.807) is 24.3 Å². The molecule has 1 N–H and O–H groups in total. The van der Waals surface area contributed by atoms with Gasteiger partial charge in [0.25, 0.3) is 0 Å². The van der Waals surface area contributed by atoms with Gasteiger partial charge in [-0.1, -0.05) is 54.6 Å².